The SMILES string of the molecule is CNC(=O)C(NC(=O)COc1ccc([N+](=O)[O-])cc1)c1ccc(F)c(F)c1. The van der Waals surface area contributed by atoms with Gasteiger partial charge in [-0.25, -0.2) is 8.78 Å². The molecule has 0 fully saturated rings. The molecule has 2 N–H and O–H groups in total. The van der Waals surface area contributed by atoms with Crippen LogP contribution in [0.25, 0.3) is 0 Å². The highest BCUT2D eigenvalue weighted by atomic mass is 19.2. The van der Waals surface area contributed by atoms with Gasteiger partial charge in [-0.15, -0.1) is 0 Å². The van der Waals surface area contributed by atoms with Crippen molar-refractivity contribution < 1.29 is 28.0 Å². The Morgan fingerprint density at radius 3 is 2.37 bits per heavy atom. The van der Waals surface area contributed by atoms with Crippen molar-refractivity contribution in [2.24, 2.45) is 0 Å². The van der Waals surface area contributed by atoms with E-state index < -0.39 is 41.0 Å². The van der Waals surface area contributed by atoms with Crippen LogP contribution in [0.5, 0.6) is 5.75 Å². The van der Waals surface area contributed by atoms with Gasteiger partial charge in [0.25, 0.3) is 11.6 Å². The average Bonchev–Trinajstić information content (AvgIpc) is 2.66. The Labute approximate surface area is 152 Å². The number of hydrogen-bond donors (Lipinski definition) is 2. The van der Waals surface area contributed by atoms with Gasteiger partial charge >= 0.3 is 0 Å². The lowest BCUT2D eigenvalue weighted by atomic mass is 10.1. The smallest absolute Gasteiger partial charge is 0.269 e. The number of non-ortho nitro benzene ring substituents is 1. The number of carbonyl (C=O) groups excluding carboxylic acids is 2. The Hall–Kier alpha value is -3.56. The van der Waals surface area contributed by atoms with Crippen molar-refractivity contribution in [1.29, 1.82) is 0 Å². The Balaban J connectivity index is 2.04. The summed E-state index contributed by atoms with van der Waals surface area (Å²) in [5.74, 6) is -3.36. The van der Waals surface area contributed by atoms with Gasteiger partial charge in [-0.05, 0) is 29.8 Å². The largest absolute Gasteiger partial charge is 0.484 e. The highest BCUT2D eigenvalue weighted by Gasteiger charge is 2.23. The normalized spacial score (nSPS) is 11.4. The van der Waals surface area contributed by atoms with Crippen molar-refractivity contribution in [2.45, 2.75) is 6.04 Å². The highest BCUT2D eigenvalue weighted by Crippen LogP contribution is 2.18. The number of nitro benzene ring substituents is 1. The van der Waals surface area contributed by atoms with E-state index in [9.17, 15) is 28.5 Å². The Morgan fingerprint density at radius 1 is 1.15 bits per heavy atom. The van der Waals surface area contributed by atoms with Crippen LogP contribution in [0.2, 0.25) is 0 Å². The van der Waals surface area contributed by atoms with Crippen LogP contribution in [-0.2, 0) is 9.59 Å². The number of ether oxygens (including phenoxy) is 1. The van der Waals surface area contributed by atoms with E-state index >= 15 is 0 Å². The summed E-state index contributed by atoms with van der Waals surface area (Å²) >= 11 is 0. The Bertz CT molecular complexity index is 858. The average molecular weight is 379 g/mol. The third-order valence-electron chi connectivity index (χ3n) is 3.51. The van der Waals surface area contributed by atoms with Crippen molar-refractivity contribution in [3.05, 3.63) is 69.8 Å². The van der Waals surface area contributed by atoms with E-state index in [1.165, 1.54) is 37.4 Å². The molecule has 0 aliphatic carbocycles. The molecule has 2 aromatic carbocycles. The second-order valence-electron chi connectivity index (χ2n) is 5.33. The number of nitrogens with zero attached hydrogens (tertiary/aromatic N) is 1. The van der Waals surface area contributed by atoms with E-state index in [4.69, 9.17) is 4.74 Å². The first-order valence-electron chi connectivity index (χ1n) is 7.65. The molecule has 8 nitrogen and oxygen atoms in total. The molecule has 0 spiro atoms. The fourth-order valence-electron chi connectivity index (χ4n) is 2.15. The number of rotatable bonds is 7. The molecule has 10 heteroatoms. The standard InChI is InChI=1S/C17H15F2N3O5/c1-20-17(24)16(10-2-7-13(18)14(19)8-10)21-15(23)9-27-12-5-3-11(4-6-12)22(25)26/h2-8,16H,9H2,1H3,(H,20,24)(H,21,23). The minimum absolute atomic E-state index is 0.0527. The molecule has 0 saturated carbocycles. The topological polar surface area (TPSA) is 111 Å². The summed E-state index contributed by atoms with van der Waals surface area (Å²) in [5, 5.41) is 15.3. The molecule has 0 aromatic heterocycles. The first-order chi connectivity index (χ1) is 12.8. The first kappa shape index (κ1) is 19.8. The van der Waals surface area contributed by atoms with Crippen molar-refractivity contribution in [1.82, 2.24) is 10.6 Å². The predicted molar refractivity (Wildman–Crippen MR) is 89.9 cm³/mol. The summed E-state index contributed by atoms with van der Waals surface area (Å²) in [4.78, 5) is 34.0. The summed E-state index contributed by atoms with van der Waals surface area (Å²) in [6, 6.07) is 6.64. The predicted octanol–water partition coefficient (Wildman–Crippen LogP) is 1.86. The van der Waals surface area contributed by atoms with Crippen LogP contribution in [0.3, 0.4) is 0 Å². The molecule has 0 aliphatic rings. The molecule has 2 amide bonds. The van der Waals surface area contributed by atoms with Crippen LogP contribution < -0.4 is 15.4 Å². The zero-order valence-corrected chi connectivity index (χ0v) is 14.1. The fraction of sp³-hybridized carbons (Fsp3) is 0.176. The number of amides is 2. The number of carbonyl (C=O) groups is 2. The van der Waals surface area contributed by atoms with E-state index in [0.717, 1.165) is 12.1 Å². The van der Waals surface area contributed by atoms with Gasteiger partial charge in [0, 0.05) is 19.2 Å². The van der Waals surface area contributed by atoms with Gasteiger partial charge in [0.1, 0.15) is 11.8 Å². The summed E-state index contributed by atoms with van der Waals surface area (Å²) in [7, 11) is 1.33. The van der Waals surface area contributed by atoms with Crippen LogP contribution in [0.4, 0.5) is 14.5 Å². The number of nitro groups is 1. The zero-order valence-electron chi connectivity index (χ0n) is 14.1. The van der Waals surface area contributed by atoms with Crippen molar-refractivity contribution >= 4 is 17.5 Å². The maximum absolute atomic E-state index is 13.4. The molecule has 0 radical (unpaired) electrons. The lowest BCUT2D eigenvalue weighted by Crippen LogP contribution is -2.41. The van der Waals surface area contributed by atoms with Crippen LogP contribution >= 0.6 is 0 Å². The lowest BCUT2D eigenvalue weighted by molar-refractivity contribution is -0.384. The molecule has 1 unspecified atom stereocenters. The van der Waals surface area contributed by atoms with E-state index in [-0.39, 0.29) is 17.0 Å². The first-order valence-corrected chi connectivity index (χ1v) is 7.65. The van der Waals surface area contributed by atoms with Crippen LogP contribution in [-0.4, -0.2) is 30.4 Å². The molecule has 0 heterocycles. The monoisotopic (exact) mass is 379 g/mol. The van der Waals surface area contributed by atoms with Gasteiger partial charge < -0.3 is 15.4 Å². The number of likely N-dealkylation sites (N-methyl/N-ethyl adjacent to an activating group) is 1. The van der Waals surface area contributed by atoms with Gasteiger partial charge in [-0.3, -0.25) is 19.7 Å². The van der Waals surface area contributed by atoms with E-state index in [0.29, 0.717) is 0 Å². The number of hydrogen-bond acceptors (Lipinski definition) is 5. The van der Waals surface area contributed by atoms with E-state index in [1.54, 1.807) is 0 Å². The van der Waals surface area contributed by atoms with Crippen LogP contribution in [0.15, 0.2) is 42.5 Å². The summed E-state index contributed by atoms with van der Waals surface area (Å²) in [5.41, 5.74) is -0.0817. The quantitative estimate of drug-likeness (QED) is 0.564. The number of nitrogens with one attached hydrogen (secondary N) is 2. The lowest BCUT2D eigenvalue weighted by Gasteiger charge is -2.18. The maximum Gasteiger partial charge on any atom is 0.269 e. The third kappa shape index (κ3) is 5.21. The summed E-state index contributed by atoms with van der Waals surface area (Å²) in [6.45, 7) is -0.491. The van der Waals surface area contributed by atoms with E-state index in [2.05, 4.69) is 10.6 Å². The van der Waals surface area contributed by atoms with Crippen LogP contribution in [0.1, 0.15) is 11.6 Å². The van der Waals surface area contributed by atoms with Gasteiger partial charge in [0.2, 0.25) is 5.91 Å². The maximum atomic E-state index is 13.4. The molecule has 2 aromatic rings. The van der Waals surface area contributed by atoms with Crippen molar-refractivity contribution in [3.63, 3.8) is 0 Å². The summed E-state index contributed by atoms with van der Waals surface area (Å²) < 4.78 is 31.7. The molecule has 142 valence electrons. The minimum atomic E-state index is -1.25. The molecule has 0 aliphatic heterocycles. The van der Waals surface area contributed by atoms with Crippen LogP contribution in [0, 0.1) is 21.7 Å². The second-order valence-corrected chi connectivity index (χ2v) is 5.33. The fourth-order valence-corrected chi connectivity index (χ4v) is 2.15. The Morgan fingerprint density at radius 2 is 1.81 bits per heavy atom. The molecule has 0 saturated heterocycles. The zero-order chi connectivity index (χ0) is 20.0. The number of halogens is 2. The van der Waals surface area contributed by atoms with Crippen molar-refractivity contribution in [3.8, 4) is 5.75 Å². The minimum Gasteiger partial charge on any atom is -0.484 e. The Kier molecular flexibility index (Phi) is 6.36. The van der Waals surface area contributed by atoms with Gasteiger partial charge in [0.15, 0.2) is 18.2 Å². The number of benzene rings is 2. The van der Waals surface area contributed by atoms with E-state index in [1.807, 2.05) is 0 Å². The van der Waals surface area contributed by atoms with Gasteiger partial charge in [0.05, 0.1) is 4.92 Å². The third-order valence-corrected chi connectivity index (χ3v) is 3.51. The summed E-state index contributed by atoms with van der Waals surface area (Å²) in [6.07, 6.45) is 0. The molecule has 27 heavy (non-hydrogen) atoms. The van der Waals surface area contributed by atoms with Gasteiger partial charge in [-0.2, -0.15) is 0 Å². The molecule has 0 bridgehead atoms. The van der Waals surface area contributed by atoms with Gasteiger partial charge in [-0.1, -0.05) is 6.07 Å². The highest BCUT2D eigenvalue weighted by molar-refractivity contribution is 5.89. The van der Waals surface area contributed by atoms with Crippen molar-refractivity contribution in [2.75, 3.05) is 13.7 Å². The second kappa shape index (κ2) is 8.70. The molecule has 2 rings (SSSR count). The molecular formula is C17H15F2N3O5. The molecule has 1 atom stereocenters. The molecular weight excluding hydrogens is 364 g/mol.